The standard InChI is InChI=1S/C25H23.3ClH.Ti/c1-17-8-6-11-21(14-17)25(22-12-7-9-18(2)15-22)24-19(3)16-20-10-4-5-13-23(20)24;;;;/h4-16,25H,1-3H3;3*1H;/q;;;;+3/p-3. The molecule has 0 fully saturated rings. The number of hydrogen-bond donors (Lipinski definition) is 0. The fraction of sp³-hybridized carbons (Fsp3) is 0.200. The molecule has 0 saturated heterocycles. The Labute approximate surface area is 188 Å². The predicted molar refractivity (Wildman–Crippen MR) is 124 cm³/mol. The fourth-order valence-corrected chi connectivity index (χ4v) is 12.0. The Kier molecular flexibility index (Phi) is 5.79. The molecule has 0 aliphatic heterocycles. The van der Waals surface area contributed by atoms with Crippen molar-refractivity contribution in [2.24, 2.45) is 0 Å². The molecule has 0 heterocycles. The van der Waals surface area contributed by atoms with Gasteiger partial charge in [-0.3, -0.25) is 0 Å². The Balaban J connectivity index is 2.11. The van der Waals surface area contributed by atoms with E-state index in [1.807, 2.05) is 0 Å². The second kappa shape index (κ2) is 7.91. The molecule has 1 aliphatic carbocycles. The molecule has 29 heavy (non-hydrogen) atoms. The van der Waals surface area contributed by atoms with Gasteiger partial charge >= 0.3 is 190 Å². The minimum atomic E-state index is -3.92. The van der Waals surface area contributed by atoms with Crippen LogP contribution < -0.4 is 0 Å². The van der Waals surface area contributed by atoms with E-state index in [-0.39, 0.29) is 5.92 Å². The van der Waals surface area contributed by atoms with E-state index < -0.39 is 17.1 Å². The van der Waals surface area contributed by atoms with Crippen LogP contribution >= 0.6 is 27.9 Å². The number of benzene rings is 3. The van der Waals surface area contributed by atoms with Crippen LogP contribution in [0.4, 0.5) is 0 Å². The second-order valence-corrected chi connectivity index (χ2v) is 20.2. The first kappa shape index (κ1) is 21.2. The molecule has 0 radical (unpaired) electrons. The Morgan fingerprint density at radius 2 is 1.28 bits per heavy atom. The fourth-order valence-electron chi connectivity index (χ4n) is 4.86. The van der Waals surface area contributed by atoms with E-state index in [0.29, 0.717) is 0 Å². The van der Waals surface area contributed by atoms with Crippen molar-refractivity contribution in [3.8, 4) is 0 Å². The summed E-state index contributed by atoms with van der Waals surface area (Å²) in [6.07, 6.45) is 2.21. The monoisotopic (exact) mass is 476 g/mol. The SMILES string of the molecule is CC1=Cc2ccccc2[C]1(C(c1cccc(C)c1)c1cccc(C)c1)[Ti]([Cl])([Cl])[Cl]. The molecule has 0 N–H and O–H groups in total. The summed E-state index contributed by atoms with van der Waals surface area (Å²) in [5.41, 5.74) is 8.25. The molecule has 4 heteroatoms. The molecule has 1 aliphatic rings. The van der Waals surface area contributed by atoms with E-state index in [0.717, 1.165) is 16.7 Å². The van der Waals surface area contributed by atoms with Crippen LogP contribution in [0.1, 0.15) is 46.2 Å². The number of halogens is 3. The number of fused-ring (bicyclic) bond motifs is 1. The number of hydrogen-bond acceptors (Lipinski definition) is 0. The zero-order valence-electron chi connectivity index (χ0n) is 16.7. The molecule has 0 saturated carbocycles. The van der Waals surface area contributed by atoms with Crippen molar-refractivity contribution in [2.45, 2.75) is 30.4 Å². The number of aryl methyl sites for hydroxylation is 2. The van der Waals surface area contributed by atoms with Crippen molar-refractivity contribution in [3.63, 3.8) is 0 Å². The van der Waals surface area contributed by atoms with Crippen molar-refractivity contribution in [1.29, 1.82) is 0 Å². The molecule has 4 rings (SSSR count). The summed E-state index contributed by atoms with van der Waals surface area (Å²) in [5, 5.41) is 0. The maximum absolute atomic E-state index is 7.07. The van der Waals surface area contributed by atoms with Crippen LogP contribution in [-0.4, -0.2) is 0 Å². The average Bonchev–Trinajstić information content (AvgIpc) is 2.95. The van der Waals surface area contributed by atoms with E-state index in [1.54, 1.807) is 0 Å². The van der Waals surface area contributed by atoms with Crippen LogP contribution in [0.5, 0.6) is 0 Å². The van der Waals surface area contributed by atoms with Crippen LogP contribution in [-0.2, 0) is 17.1 Å². The van der Waals surface area contributed by atoms with Gasteiger partial charge in [-0.05, 0) is 0 Å². The Morgan fingerprint density at radius 3 is 1.79 bits per heavy atom. The Bertz CT molecular complexity index is 1050. The molecule has 0 aromatic heterocycles. The number of rotatable bonds is 4. The van der Waals surface area contributed by atoms with E-state index in [1.165, 1.54) is 22.3 Å². The van der Waals surface area contributed by atoms with E-state index >= 15 is 0 Å². The van der Waals surface area contributed by atoms with Crippen LogP contribution in [0.2, 0.25) is 0 Å². The zero-order valence-corrected chi connectivity index (χ0v) is 20.5. The second-order valence-electron chi connectivity index (χ2n) is 7.98. The normalized spacial score (nSPS) is 18.7. The molecule has 3 aromatic carbocycles. The molecule has 0 nitrogen and oxygen atoms in total. The molecule has 1 unspecified atom stereocenters. The summed E-state index contributed by atoms with van der Waals surface area (Å²) in [6.45, 7) is 6.36. The summed E-state index contributed by atoms with van der Waals surface area (Å²) in [6, 6.07) is 25.7. The van der Waals surface area contributed by atoms with Gasteiger partial charge in [-0.1, -0.05) is 0 Å². The van der Waals surface area contributed by atoms with Gasteiger partial charge in [0.2, 0.25) is 0 Å². The van der Waals surface area contributed by atoms with Crippen molar-refractivity contribution in [3.05, 3.63) is 112 Å². The third-order valence-corrected chi connectivity index (χ3v) is 12.6. The van der Waals surface area contributed by atoms with E-state index in [4.69, 9.17) is 27.9 Å². The topological polar surface area (TPSA) is 0 Å². The van der Waals surface area contributed by atoms with Crippen LogP contribution in [0, 0.1) is 13.8 Å². The van der Waals surface area contributed by atoms with E-state index in [9.17, 15) is 0 Å². The quantitative estimate of drug-likeness (QED) is 0.331. The molecule has 0 bridgehead atoms. The van der Waals surface area contributed by atoms with Crippen LogP contribution in [0.25, 0.3) is 6.08 Å². The van der Waals surface area contributed by atoms with Crippen LogP contribution in [0.3, 0.4) is 0 Å². The predicted octanol–water partition coefficient (Wildman–Crippen LogP) is 8.36. The van der Waals surface area contributed by atoms with Crippen molar-refractivity contribution >= 4 is 34.0 Å². The van der Waals surface area contributed by atoms with Gasteiger partial charge < -0.3 is 0 Å². The Morgan fingerprint density at radius 1 is 0.724 bits per heavy atom. The summed E-state index contributed by atoms with van der Waals surface area (Å²) in [4.78, 5) is 0. The van der Waals surface area contributed by atoms with Gasteiger partial charge in [-0.25, -0.2) is 0 Å². The summed E-state index contributed by atoms with van der Waals surface area (Å²) < 4.78 is -0.622. The molecule has 0 spiro atoms. The van der Waals surface area contributed by atoms with Gasteiger partial charge in [-0.2, -0.15) is 0 Å². The van der Waals surface area contributed by atoms with Gasteiger partial charge in [0, 0.05) is 0 Å². The Hall–Kier alpha value is -1.02. The molecule has 0 amide bonds. The maximum atomic E-state index is 7.07. The van der Waals surface area contributed by atoms with Gasteiger partial charge in [0.15, 0.2) is 0 Å². The molecule has 1 atom stereocenters. The zero-order chi connectivity index (χ0) is 20.8. The first-order valence-electron chi connectivity index (χ1n) is 9.73. The van der Waals surface area contributed by atoms with Crippen molar-refractivity contribution in [2.75, 3.05) is 0 Å². The molecule has 3 aromatic rings. The molecular formula is C25H23Cl3Ti. The van der Waals surface area contributed by atoms with Crippen molar-refractivity contribution < 1.29 is 13.4 Å². The number of allylic oxidation sites excluding steroid dienone is 1. The third kappa shape index (κ3) is 3.54. The average molecular weight is 478 g/mol. The first-order valence-corrected chi connectivity index (χ1v) is 17.0. The first-order chi connectivity index (χ1) is 13.7. The van der Waals surface area contributed by atoms with Gasteiger partial charge in [0.1, 0.15) is 0 Å². The van der Waals surface area contributed by atoms with Gasteiger partial charge in [0.05, 0.1) is 0 Å². The summed E-state index contributed by atoms with van der Waals surface area (Å²) in [7, 11) is 21.2. The summed E-state index contributed by atoms with van der Waals surface area (Å²) >= 11 is -3.92. The van der Waals surface area contributed by atoms with E-state index in [2.05, 4.69) is 99.6 Å². The summed E-state index contributed by atoms with van der Waals surface area (Å²) in [5.74, 6) is -0.0605. The van der Waals surface area contributed by atoms with Gasteiger partial charge in [-0.15, -0.1) is 0 Å². The third-order valence-electron chi connectivity index (χ3n) is 6.01. The van der Waals surface area contributed by atoms with Crippen molar-refractivity contribution in [1.82, 2.24) is 0 Å². The molecular weight excluding hydrogens is 455 g/mol. The molecule has 148 valence electrons. The van der Waals surface area contributed by atoms with Crippen LogP contribution in [0.15, 0.2) is 78.4 Å². The van der Waals surface area contributed by atoms with Gasteiger partial charge in [0.25, 0.3) is 0 Å². The minimum absolute atomic E-state index is 0.0605.